The molecule has 0 spiro atoms. The molecule has 1 saturated carbocycles. The second-order valence-electron chi connectivity index (χ2n) is 6.43. The van der Waals surface area contributed by atoms with E-state index in [9.17, 15) is 0 Å². The zero-order valence-electron chi connectivity index (χ0n) is 12.7. The molecule has 20 heavy (non-hydrogen) atoms. The van der Waals surface area contributed by atoms with Gasteiger partial charge in [-0.05, 0) is 50.8 Å². The molecule has 1 atom stereocenters. The van der Waals surface area contributed by atoms with Crippen LogP contribution in [0.15, 0.2) is 16.7 Å². The monoisotopic (exact) mass is 276 g/mol. The molecule has 2 fully saturated rings. The Bertz CT molecular complexity index is 409. The average Bonchev–Trinajstić information content (AvgIpc) is 3.18. The molecule has 1 aliphatic carbocycles. The molecule has 1 aromatic rings. The third kappa shape index (κ3) is 3.26. The van der Waals surface area contributed by atoms with Crippen molar-refractivity contribution in [3.63, 3.8) is 0 Å². The second-order valence-corrected chi connectivity index (χ2v) is 6.43. The highest BCUT2D eigenvalue weighted by Gasteiger charge is 2.33. The Labute approximate surface area is 122 Å². The zero-order chi connectivity index (χ0) is 13.8. The fourth-order valence-corrected chi connectivity index (χ4v) is 4.00. The van der Waals surface area contributed by atoms with E-state index in [4.69, 9.17) is 4.42 Å². The molecule has 2 heterocycles. The molecule has 1 unspecified atom stereocenters. The van der Waals surface area contributed by atoms with Crippen LogP contribution in [0.1, 0.15) is 56.8 Å². The van der Waals surface area contributed by atoms with Crippen LogP contribution in [0.25, 0.3) is 0 Å². The lowest BCUT2D eigenvalue weighted by molar-refractivity contribution is 0.171. The molecule has 1 saturated heterocycles. The van der Waals surface area contributed by atoms with Crippen molar-refractivity contribution >= 4 is 0 Å². The van der Waals surface area contributed by atoms with E-state index in [-0.39, 0.29) is 0 Å². The first-order valence-electron chi connectivity index (χ1n) is 8.38. The Hall–Kier alpha value is -0.800. The van der Waals surface area contributed by atoms with Crippen molar-refractivity contribution in [1.82, 2.24) is 10.2 Å². The van der Waals surface area contributed by atoms with Gasteiger partial charge in [0.15, 0.2) is 0 Å². The van der Waals surface area contributed by atoms with Gasteiger partial charge in [-0.15, -0.1) is 0 Å². The topological polar surface area (TPSA) is 28.4 Å². The number of hydrogen-bond donors (Lipinski definition) is 1. The minimum absolute atomic E-state index is 0.819. The molecule has 1 N–H and O–H groups in total. The van der Waals surface area contributed by atoms with Gasteiger partial charge in [0, 0.05) is 18.2 Å². The van der Waals surface area contributed by atoms with Gasteiger partial charge in [0.2, 0.25) is 0 Å². The fourth-order valence-electron chi connectivity index (χ4n) is 4.00. The molecule has 3 heteroatoms. The Morgan fingerprint density at radius 2 is 2.10 bits per heavy atom. The summed E-state index contributed by atoms with van der Waals surface area (Å²) < 4.78 is 5.75. The lowest BCUT2D eigenvalue weighted by atomic mass is 9.96. The van der Waals surface area contributed by atoms with Gasteiger partial charge in [0.05, 0.1) is 12.8 Å². The summed E-state index contributed by atoms with van der Waals surface area (Å²) in [6.07, 6.45) is 10.5. The molecule has 3 rings (SSSR count). The van der Waals surface area contributed by atoms with Crippen LogP contribution in [-0.4, -0.2) is 24.0 Å². The highest BCUT2D eigenvalue weighted by molar-refractivity contribution is 5.13. The minimum Gasteiger partial charge on any atom is -0.468 e. The van der Waals surface area contributed by atoms with Gasteiger partial charge in [0.1, 0.15) is 5.76 Å². The summed E-state index contributed by atoms with van der Waals surface area (Å²) in [4.78, 5) is 2.67. The van der Waals surface area contributed by atoms with Crippen molar-refractivity contribution in [3.8, 4) is 0 Å². The van der Waals surface area contributed by atoms with Crippen LogP contribution in [0, 0.1) is 5.92 Å². The standard InChI is InChI=1S/C17H28N2O/c1-2-18-11-14-10-16(20-13-14)12-19-9-5-8-17(19)15-6-3-4-7-15/h10,13,15,17-18H,2-9,11-12H2,1H3. The molecular formula is C17H28N2O. The number of likely N-dealkylation sites (tertiary alicyclic amines) is 1. The maximum absolute atomic E-state index is 5.75. The molecule has 0 amide bonds. The lowest BCUT2D eigenvalue weighted by Crippen LogP contribution is -2.34. The van der Waals surface area contributed by atoms with Crippen LogP contribution in [0.2, 0.25) is 0 Å². The highest BCUT2D eigenvalue weighted by Crippen LogP contribution is 2.36. The van der Waals surface area contributed by atoms with Crippen molar-refractivity contribution in [2.24, 2.45) is 5.92 Å². The first-order valence-corrected chi connectivity index (χ1v) is 8.38. The predicted octanol–water partition coefficient (Wildman–Crippen LogP) is 3.54. The van der Waals surface area contributed by atoms with Gasteiger partial charge >= 0.3 is 0 Å². The van der Waals surface area contributed by atoms with Crippen molar-refractivity contribution in [1.29, 1.82) is 0 Å². The third-order valence-electron chi connectivity index (χ3n) is 5.00. The van der Waals surface area contributed by atoms with Crippen LogP contribution in [-0.2, 0) is 13.1 Å². The largest absolute Gasteiger partial charge is 0.468 e. The molecule has 112 valence electrons. The van der Waals surface area contributed by atoms with Crippen molar-refractivity contribution in [3.05, 3.63) is 23.7 Å². The SMILES string of the molecule is CCNCc1coc(CN2CCCC2C2CCCC2)c1. The van der Waals surface area contributed by atoms with Crippen molar-refractivity contribution < 1.29 is 4.42 Å². The van der Waals surface area contributed by atoms with Gasteiger partial charge in [-0.25, -0.2) is 0 Å². The molecular weight excluding hydrogens is 248 g/mol. The van der Waals surface area contributed by atoms with Crippen LogP contribution >= 0.6 is 0 Å². The quantitative estimate of drug-likeness (QED) is 0.861. The molecule has 2 aliphatic rings. The van der Waals surface area contributed by atoms with E-state index in [2.05, 4.69) is 23.2 Å². The molecule has 0 bridgehead atoms. The van der Waals surface area contributed by atoms with E-state index in [1.165, 1.54) is 50.6 Å². The van der Waals surface area contributed by atoms with Gasteiger partial charge < -0.3 is 9.73 Å². The van der Waals surface area contributed by atoms with Crippen molar-refractivity contribution in [2.45, 2.75) is 64.6 Å². The zero-order valence-corrected chi connectivity index (χ0v) is 12.7. The van der Waals surface area contributed by atoms with Crippen LogP contribution in [0.4, 0.5) is 0 Å². The van der Waals surface area contributed by atoms with Crippen LogP contribution in [0.5, 0.6) is 0 Å². The second kappa shape index (κ2) is 6.77. The first kappa shape index (κ1) is 14.2. The molecule has 0 aromatic carbocycles. The first-order chi connectivity index (χ1) is 9.86. The van der Waals surface area contributed by atoms with Gasteiger partial charge in [-0.3, -0.25) is 4.90 Å². The molecule has 1 aliphatic heterocycles. The smallest absolute Gasteiger partial charge is 0.118 e. The van der Waals surface area contributed by atoms with E-state index < -0.39 is 0 Å². The number of furan rings is 1. The summed E-state index contributed by atoms with van der Waals surface area (Å²) in [7, 11) is 0. The lowest BCUT2D eigenvalue weighted by Gasteiger charge is -2.28. The summed E-state index contributed by atoms with van der Waals surface area (Å²) in [5.74, 6) is 2.09. The Morgan fingerprint density at radius 3 is 2.90 bits per heavy atom. The molecule has 1 aromatic heterocycles. The number of rotatable bonds is 6. The summed E-state index contributed by atoms with van der Waals surface area (Å²) in [6.45, 7) is 6.33. The number of nitrogens with zero attached hydrogens (tertiary/aromatic N) is 1. The van der Waals surface area contributed by atoms with Crippen LogP contribution < -0.4 is 5.32 Å². The Kier molecular flexibility index (Phi) is 4.79. The Balaban J connectivity index is 1.57. The fraction of sp³-hybridized carbons (Fsp3) is 0.765. The number of nitrogens with one attached hydrogen (secondary N) is 1. The van der Waals surface area contributed by atoms with Crippen molar-refractivity contribution in [2.75, 3.05) is 13.1 Å². The molecule has 3 nitrogen and oxygen atoms in total. The van der Waals surface area contributed by atoms with E-state index >= 15 is 0 Å². The highest BCUT2D eigenvalue weighted by atomic mass is 16.3. The summed E-state index contributed by atoms with van der Waals surface area (Å²) in [5, 5.41) is 3.35. The summed E-state index contributed by atoms with van der Waals surface area (Å²) >= 11 is 0. The van der Waals surface area contributed by atoms with E-state index in [0.29, 0.717) is 0 Å². The minimum atomic E-state index is 0.819. The predicted molar refractivity (Wildman–Crippen MR) is 81.5 cm³/mol. The normalized spacial score (nSPS) is 24.8. The van der Waals surface area contributed by atoms with Gasteiger partial charge in [0.25, 0.3) is 0 Å². The molecule has 0 radical (unpaired) electrons. The van der Waals surface area contributed by atoms with Gasteiger partial charge in [-0.2, -0.15) is 0 Å². The van der Waals surface area contributed by atoms with Crippen LogP contribution in [0.3, 0.4) is 0 Å². The number of hydrogen-bond acceptors (Lipinski definition) is 3. The third-order valence-corrected chi connectivity index (χ3v) is 5.00. The Morgan fingerprint density at radius 1 is 1.25 bits per heavy atom. The summed E-state index contributed by atoms with van der Waals surface area (Å²) in [5.41, 5.74) is 1.28. The van der Waals surface area contributed by atoms with E-state index in [0.717, 1.165) is 37.4 Å². The van der Waals surface area contributed by atoms with E-state index in [1.54, 1.807) is 0 Å². The van der Waals surface area contributed by atoms with E-state index in [1.807, 2.05) is 6.26 Å². The van der Waals surface area contributed by atoms with Gasteiger partial charge in [-0.1, -0.05) is 19.8 Å². The maximum Gasteiger partial charge on any atom is 0.118 e. The maximum atomic E-state index is 5.75. The summed E-state index contributed by atoms with van der Waals surface area (Å²) in [6, 6.07) is 3.05. The average molecular weight is 276 g/mol.